The van der Waals surface area contributed by atoms with E-state index in [0.717, 1.165) is 16.7 Å². The molecule has 1 aromatic heterocycles. The summed E-state index contributed by atoms with van der Waals surface area (Å²) >= 11 is 6.43. The first-order valence-corrected chi connectivity index (χ1v) is 9.22. The normalized spacial score (nSPS) is 10.8. The number of rotatable bonds is 6. The molecule has 0 aliphatic carbocycles. The van der Waals surface area contributed by atoms with E-state index in [0.29, 0.717) is 28.5 Å². The lowest BCUT2D eigenvalue weighted by Crippen LogP contribution is -2.11. The molecule has 2 N–H and O–H groups in total. The van der Waals surface area contributed by atoms with Crippen LogP contribution in [0, 0.1) is 19.7 Å². The molecular weight excluding hydrogens is 397 g/mol. The van der Waals surface area contributed by atoms with Crippen molar-refractivity contribution in [2.75, 3.05) is 6.61 Å². The molecule has 0 bridgehead atoms. The second-order valence-electron chi connectivity index (χ2n) is 6.62. The Morgan fingerprint density at radius 1 is 1.17 bits per heavy atom. The van der Waals surface area contributed by atoms with E-state index in [2.05, 4.69) is 4.98 Å². The molecule has 0 atom stereocenters. The Kier molecular flexibility index (Phi) is 6.03. The number of ether oxygens (including phenoxy) is 1. The molecule has 3 rings (SSSR count). The van der Waals surface area contributed by atoms with Crippen molar-refractivity contribution in [1.29, 1.82) is 0 Å². The molecule has 7 heteroatoms. The van der Waals surface area contributed by atoms with Gasteiger partial charge in [0.15, 0.2) is 6.61 Å². The zero-order valence-electron chi connectivity index (χ0n) is 15.9. The second kappa shape index (κ2) is 8.49. The average Bonchev–Trinajstić information content (AvgIpc) is 2.68. The Morgan fingerprint density at radius 3 is 2.62 bits per heavy atom. The first-order valence-electron chi connectivity index (χ1n) is 8.84. The van der Waals surface area contributed by atoms with Crippen LogP contribution in [0.2, 0.25) is 5.02 Å². The Labute approximate surface area is 172 Å². The summed E-state index contributed by atoms with van der Waals surface area (Å²) in [5, 5.41) is 19.4. The Hall–Kier alpha value is -3.12. The Balaban J connectivity index is 1.95. The highest BCUT2D eigenvalue weighted by atomic mass is 35.5. The van der Waals surface area contributed by atoms with E-state index < -0.39 is 18.4 Å². The zero-order valence-corrected chi connectivity index (χ0v) is 16.6. The minimum Gasteiger partial charge on any atom is -0.506 e. The lowest BCUT2D eigenvalue weighted by atomic mass is 9.98. The lowest BCUT2D eigenvalue weighted by Gasteiger charge is -2.16. The standard InChI is InChI=1S/C22H19ClFNO4/c1-12-13(2)20(29-11-21(27)28)10-18(23)17(12)9-16-6-7-19(26)22(25-16)14-4-3-5-15(24)8-14/h3-8,10,26H,9,11H2,1-2H3,(H,27,28). The third-order valence-corrected chi connectivity index (χ3v) is 5.01. The van der Waals surface area contributed by atoms with Gasteiger partial charge in [-0.15, -0.1) is 0 Å². The minimum atomic E-state index is -1.07. The van der Waals surface area contributed by atoms with Gasteiger partial charge in [-0.1, -0.05) is 23.7 Å². The lowest BCUT2D eigenvalue weighted by molar-refractivity contribution is -0.139. The third kappa shape index (κ3) is 4.66. The minimum absolute atomic E-state index is 0.0456. The van der Waals surface area contributed by atoms with Crippen LogP contribution in [0.5, 0.6) is 11.5 Å². The number of aromatic nitrogens is 1. The number of carboxylic acids is 1. The summed E-state index contributed by atoms with van der Waals surface area (Å²) in [7, 11) is 0. The summed E-state index contributed by atoms with van der Waals surface area (Å²) in [4.78, 5) is 15.2. The van der Waals surface area contributed by atoms with Crippen LogP contribution in [0.3, 0.4) is 0 Å². The van der Waals surface area contributed by atoms with E-state index in [4.69, 9.17) is 21.4 Å². The maximum atomic E-state index is 13.6. The van der Waals surface area contributed by atoms with E-state index in [-0.39, 0.29) is 11.4 Å². The van der Waals surface area contributed by atoms with Crippen LogP contribution < -0.4 is 4.74 Å². The van der Waals surface area contributed by atoms with Gasteiger partial charge in [-0.2, -0.15) is 0 Å². The molecule has 0 saturated heterocycles. The van der Waals surface area contributed by atoms with Crippen LogP contribution in [-0.2, 0) is 11.2 Å². The number of carbonyl (C=O) groups is 1. The van der Waals surface area contributed by atoms with Gasteiger partial charge in [-0.3, -0.25) is 0 Å². The summed E-state index contributed by atoms with van der Waals surface area (Å²) in [5.41, 5.74) is 3.87. The number of pyridine rings is 1. The largest absolute Gasteiger partial charge is 0.506 e. The molecule has 5 nitrogen and oxygen atoms in total. The van der Waals surface area contributed by atoms with Crippen molar-refractivity contribution in [1.82, 2.24) is 4.98 Å². The fraction of sp³-hybridized carbons (Fsp3) is 0.182. The van der Waals surface area contributed by atoms with E-state index >= 15 is 0 Å². The van der Waals surface area contributed by atoms with Gasteiger partial charge >= 0.3 is 5.97 Å². The molecule has 0 amide bonds. The van der Waals surface area contributed by atoms with Gasteiger partial charge in [-0.25, -0.2) is 14.2 Å². The summed E-state index contributed by atoms with van der Waals surface area (Å²) in [6.45, 7) is 3.25. The zero-order chi connectivity index (χ0) is 21.1. The van der Waals surface area contributed by atoms with Crippen LogP contribution in [0.25, 0.3) is 11.3 Å². The highest BCUT2D eigenvalue weighted by molar-refractivity contribution is 6.31. The number of aliphatic carboxylic acids is 1. The molecule has 1 heterocycles. The Morgan fingerprint density at radius 2 is 1.93 bits per heavy atom. The van der Waals surface area contributed by atoms with Crippen molar-refractivity contribution in [3.05, 3.63) is 75.7 Å². The predicted molar refractivity (Wildman–Crippen MR) is 108 cm³/mol. The number of aromatic hydroxyl groups is 1. The van der Waals surface area contributed by atoms with Crippen LogP contribution in [0.1, 0.15) is 22.4 Å². The fourth-order valence-corrected chi connectivity index (χ4v) is 3.33. The van der Waals surface area contributed by atoms with E-state index in [1.165, 1.54) is 18.2 Å². The third-order valence-electron chi connectivity index (χ3n) is 4.67. The number of carboxylic acid groups (broad SMARTS) is 1. The molecule has 150 valence electrons. The first kappa shape index (κ1) is 20.6. The van der Waals surface area contributed by atoms with E-state index in [1.54, 1.807) is 24.3 Å². The quantitative estimate of drug-likeness (QED) is 0.597. The number of halogens is 2. The number of hydrogen-bond acceptors (Lipinski definition) is 4. The Bertz CT molecular complexity index is 1080. The molecular formula is C22H19ClFNO4. The molecule has 0 aliphatic heterocycles. The van der Waals surface area contributed by atoms with Crippen molar-refractivity contribution in [2.45, 2.75) is 20.3 Å². The van der Waals surface area contributed by atoms with Crippen molar-refractivity contribution in [2.24, 2.45) is 0 Å². The monoisotopic (exact) mass is 415 g/mol. The van der Waals surface area contributed by atoms with Crippen molar-refractivity contribution in [3.8, 4) is 22.8 Å². The van der Waals surface area contributed by atoms with Crippen molar-refractivity contribution in [3.63, 3.8) is 0 Å². The molecule has 0 aliphatic rings. The summed E-state index contributed by atoms with van der Waals surface area (Å²) in [6.07, 6.45) is 0.382. The van der Waals surface area contributed by atoms with Crippen LogP contribution >= 0.6 is 11.6 Å². The highest BCUT2D eigenvalue weighted by Crippen LogP contribution is 2.34. The molecule has 0 unspecified atom stereocenters. The van der Waals surface area contributed by atoms with Crippen LogP contribution in [0.4, 0.5) is 4.39 Å². The average molecular weight is 416 g/mol. The topological polar surface area (TPSA) is 79.7 Å². The summed E-state index contributed by atoms with van der Waals surface area (Å²) in [6, 6.07) is 10.6. The first-order chi connectivity index (χ1) is 13.8. The van der Waals surface area contributed by atoms with Crippen molar-refractivity contribution >= 4 is 17.6 Å². The predicted octanol–water partition coefficient (Wildman–Crippen LogP) is 4.92. The molecule has 3 aromatic rings. The van der Waals surface area contributed by atoms with Gasteiger partial charge in [-0.05, 0) is 60.9 Å². The fourth-order valence-electron chi connectivity index (χ4n) is 3.03. The molecule has 0 fully saturated rings. The summed E-state index contributed by atoms with van der Waals surface area (Å²) in [5.74, 6) is -1.12. The van der Waals surface area contributed by atoms with Crippen molar-refractivity contribution < 1.29 is 24.1 Å². The SMILES string of the molecule is Cc1c(OCC(=O)O)cc(Cl)c(Cc2ccc(O)c(-c3cccc(F)c3)n2)c1C. The van der Waals surface area contributed by atoms with Crippen LogP contribution in [-0.4, -0.2) is 27.8 Å². The van der Waals surface area contributed by atoms with Crippen LogP contribution in [0.15, 0.2) is 42.5 Å². The van der Waals surface area contributed by atoms with Gasteiger partial charge < -0.3 is 14.9 Å². The van der Waals surface area contributed by atoms with Gasteiger partial charge in [0.1, 0.15) is 23.0 Å². The highest BCUT2D eigenvalue weighted by Gasteiger charge is 2.16. The number of hydrogen-bond donors (Lipinski definition) is 2. The maximum Gasteiger partial charge on any atom is 0.341 e. The van der Waals surface area contributed by atoms with E-state index in [9.17, 15) is 14.3 Å². The van der Waals surface area contributed by atoms with Gasteiger partial charge in [0.2, 0.25) is 0 Å². The number of benzene rings is 2. The molecule has 29 heavy (non-hydrogen) atoms. The van der Waals surface area contributed by atoms with Gasteiger partial charge in [0.25, 0.3) is 0 Å². The molecule has 0 spiro atoms. The smallest absolute Gasteiger partial charge is 0.341 e. The number of nitrogens with zero attached hydrogens (tertiary/aromatic N) is 1. The van der Waals surface area contributed by atoms with Gasteiger partial charge in [0.05, 0.1) is 0 Å². The molecule has 0 saturated carbocycles. The maximum absolute atomic E-state index is 13.6. The molecule has 0 radical (unpaired) electrons. The molecule has 2 aromatic carbocycles. The summed E-state index contributed by atoms with van der Waals surface area (Å²) < 4.78 is 18.9. The second-order valence-corrected chi connectivity index (χ2v) is 7.03. The van der Waals surface area contributed by atoms with E-state index in [1.807, 2.05) is 13.8 Å². The van der Waals surface area contributed by atoms with Gasteiger partial charge in [0, 0.05) is 22.7 Å².